The van der Waals surface area contributed by atoms with E-state index in [1.54, 1.807) is 0 Å². The molecule has 0 fully saturated rings. The Morgan fingerprint density at radius 2 is 0.582 bits per heavy atom. The Balaban J connectivity index is 4.12. The van der Waals surface area contributed by atoms with Gasteiger partial charge in [-0.2, -0.15) is 0 Å². The summed E-state index contributed by atoms with van der Waals surface area (Å²) in [6.45, 7) is 6.48. The Morgan fingerprint density at radius 1 is 0.313 bits per heavy atom. The molecule has 388 valence electrons. The van der Waals surface area contributed by atoms with Gasteiger partial charge in [0.1, 0.15) is 13.2 Å². The first-order valence-electron chi connectivity index (χ1n) is 28.8. The number of rotatable bonds is 52. The fourth-order valence-electron chi connectivity index (χ4n) is 8.19. The van der Waals surface area contributed by atoms with Crippen molar-refractivity contribution < 1.29 is 28.6 Å². The van der Waals surface area contributed by atoms with Crippen molar-refractivity contribution in [2.45, 2.75) is 297 Å². The highest BCUT2D eigenvalue weighted by Crippen LogP contribution is 2.16. The fourth-order valence-corrected chi connectivity index (χ4v) is 8.19. The van der Waals surface area contributed by atoms with Crippen molar-refractivity contribution in [2.75, 3.05) is 13.2 Å². The van der Waals surface area contributed by atoms with Crippen LogP contribution < -0.4 is 0 Å². The van der Waals surface area contributed by atoms with Crippen LogP contribution in [0.3, 0.4) is 0 Å². The number of carbonyl (C=O) groups is 3. The highest BCUT2D eigenvalue weighted by molar-refractivity contribution is 5.71. The quantitative estimate of drug-likeness (QED) is 0.0262. The lowest BCUT2D eigenvalue weighted by molar-refractivity contribution is -0.167. The number of allylic oxidation sites excluding steroid dienone is 10. The van der Waals surface area contributed by atoms with Crippen LogP contribution in [0.4, 0.5) is 0 Å². The molecule has 0 radical (unpaired) electrons. The predicted octanol–water partition coefficient (Wildman–Crippen LogP) is 19.2. The summed E-state index contributed by atoms with van der Waals surface area (Å²) in [5.41, 5.74) is 0. The zero-order chi connectivity index (χ0) is 48.6. The van der Waals surface area contributed by atoms with Gasteiger partial charge < -0.3 is 14.2 Å². The minimum absolute atomic E-state index is 0.0747. The summed E-state index contributed by atoms with van der Waals surface area (Å²) in [4.78, 5) is 37.9. The van der Waals surface area contributed by atoms with Crippen molar-refractivity contribution in [2.24, 2.45) is 0 Å². The third-order valence-electron chi connectivity index (χ3n) is 12.5. The largest absolute Gasteiger partial charge is 0.462 e. The molecule has 0 bridgehead atoms. The van der Waals surface area contributed by atoms with Crippen LogP contribution in [0.2, 0.25) is 0 Å². The monoisotopic (exact) mass is 937 g/mol. The molecule has 0 saturated heterocycles. The Hall–Kier alpha value is -2.89. The minimum atomic E-state index is -0.773. The Bertz CT molecular complexity index is 1210. The summed E-state index contributed by atoms with van der Waals surface area (Å²) in [6.07, 6.45) is 69.6. The summed E-state index contributed by atoms with van der Waals surface area (Å²) in [5, 5.41) is 0. The minimum Gasteiger partial charge on any atom is -0.462 e. The maximum atomic E-state index is 12.8. The second-order valence-electron chi connectivity index (χ2n) is 19.2. The van der Waals surface area contributed by atoms with Gasteiger partial charge in [-0.3, -0.25) is 14.4 Å². The van der Waals surface area contributed by atoms with Crippen molar-refractivity contribution in [3.8, 4) is 0 Å². The second kappa shape index (κ2) is 55.7. The van der Waals surface area contributed by atoms with E-state index in [4.69, 9.17) is 14.2 Å². The van der Waals surface area contributed by atoms with E-state index in [2.05, 4.69) is 81.5 Å². The van der Waals surface area contributed by atoms with E-state index in [0.717, 1.165) is 83.5 Å². The van der Waals surface area contributed by atoms with E-state index in [9.17, 15) is 14.4 Å². The van der Waals surface area contributed by atoms with Crippen LogP contribution in [-0.4, -0.2) is 37.2 Å². The summed E-state index contributed by atoms with van der Waals surface area (Å²) in [5.74, 6) is -0.881. The van der Waals surface area contributed by atoms with Crippen molar-refractivity contribution >= 4 is 17.9 Å². The lowest BCUT2D eigenvalue weighted by Crippen LogP contribution is -2.30. The molecule has 6 heteroatoms. The van der Waals surface area contributed by atoms with Gasteiger partial charge in [-0.1, -0.05) is 248 Å². The number of hydrogen-bond donors (Lipinski definition) is 0. The van der Waals surface area contributed by atoms with Gasteiger partial charge in [-0.15, -0.1) is 0 Å². The fraction of sp³-hybridized carbons (Fsp3) is 0.787. The van der Waals surface area contributed by atoms with Crippen LogP contribution >= 0.6 is 0 Å². The zero-order valence-electron chi connectivity index (χ0n) is 44.4. The highest BCUT2D eigenvalue weighted by atomic mass is 16.6. The van der Waals surface area contributed by atoms with E-state index in [1.165, 1.54) is 167 Å². The van der Waals surface area contributed by atoms with Crippen LogP contribution in [0, 0.1) is 0 Å². The highest BCUT2D eigenvalue weighted by Gasteiger charge is 2.19. The van der Waals surface area contributed by atoms with Gasteiger partial charge in [-0.05, 0) is 83.5 Å². The maximum absolute atomic E-state index is 12.8. The standard InChI is InChI=1S/C61H108O6/c1-4-7-10-13-16-18-20-22-24-26-28-29-30-31-32-33-34-36-37-39-41-43-45-48-51-54-60(63)66-57-58(56-65-59(62)53-50-47-15-12-9-6-3)67-61(64)55-52-49-46-44-42-40-38-35-27-25-23-21-19-17-14-11-8-5-2/h7,10,16,18,22,24-25,27-29,58H,4-6,8-9,11-15,17,19-21,23,26,30-57H2,1-3H3/b10-7-,18-16-,24-22-,27-25-,29-28-. The van der Waals surface area contributed by atoms with Gasteiger partial charge in [0.25, 0.3) is 0 Å². The van der Waals surface area contributed by atoms with E-state index in [-0.39, 0.29) is 31.1 Å². The van der Waals surface area contributed by atoms with Crippen molar-refractivity contribution in [3.05, 3.63) is 60.8 Å². The molecule has 0 spiro atoms. The molecular weight excluding hydrogens is 829 g/mol. The first-order valence-corrected chi connectivity index (χ1v) is 28.8. The molecule has 0 aliphatic rings. The zero-order valence-corrected chi connectivity index (χ0v) is 44.4. The second-order valence-corrected chi connectivity index (χ2v) is 19.2. The summed E-state index contributed by atoms with van der Waals surface area (Å²) in [6, 6.07) is 0. The number of ether oxygens (including phenoxy) is 3. The number of hydrogen-bond acceptors (Lipinski definition) is 6. The van der Waals surface area contributed by atoms with E-state index in [0.29, 0.717) is 19.3 Å². The average molecular weight is 938 g/mol. The van der Waals surface area contributed by atoms with Crippen LogP contribution in [0.25, 0.3) is 0 Å². The smallest absolute Gasteiger partial charge is 0.306 e. The predicted molar refractivity (Wildman–Crippen MR) is 288 cm³/mol. The van der Waals surface area contributed by atoms with Crippen LogP contribution in [0.15, 0.2) is 60.8 Å². The van der Waals surface area contributed by atoms with Crippen molar-refractivity contribution in [3.63, 3.8) is 0 Å². The molecule has 0 rings (SSSR count). The lowest BCUT2D eigenvalue weighted by Gasteiger charge is -2.18. The van der Waals surface area contributed by atoms with Gasteiger partial charge in [0.05, 0.1) is 0 Å². The summed E-state index contributed by atoms with van der Waals surface area (Å²) in [7, 11) is 0. The molecule has 0 aromatic rings. The molecule has 0 aromatic heterocycles. The molecule has 0 aliphatic carbocycles. The van der Waals surface area contributed by atoms with Crippen LogP contribution in [0.5, 0.6) is 0 Å². The first-order chi connectivity index (χ1) is 33.0. The molecule has 1 unspecified atom stereocenters. The molecular formula is C61H108O6. The SMILES string of the molecule is CC/C=C\C/C=C\C/C=C\C/C=C\CCCCCCCCCCCCCCC(=O)OCC(COC(=O)CCCCCCCC)OC(=O)CCCCCCCCC/C=C\CCCCCCCCC. The molecule has 0 aromatic carbocycles. The molecule has 1 atom stereocenters. The molecule has 0 N–H and O–H groups in total. The molecule has 67 heavy (non-hydrogen) atoms. The Labute approximate surface area is 415 Å². The Morgan fingerprint density at radius 3 is 0.925 bits per heavy atom. The third kappa shape index (κ3) is 53.9. The lowest BCUT2D eigenvalue weighted by atomic mass is 10.0. The molecule has 0 saturated carbocycles. The number of esters is 3. The molecule has 6 nitrogen and oxygen atoms in total. The van der Waals surface area contributed by atoms with Gasteiger partial charge in [-0.25, -0.2) is 0 Å². The third-order valence-corrected chi connectivity index (χ3v) is 12.5. The van der Waals surface area contributed by atoms with Gasteiger partial charge >= 0.3 is 17.9 Å². The summed E-state index contributed by atoms with van der Waals surface area (Å²) >= 11 is 0. The molecule has 0 aliphatic heterocycles. The molecule has 0 heterocycles. The normalized spacial score (nSPS) is 12.5. The number of unbranched alkanes of at least 4 members (excludes halogenated alkanes) is 31. The average Bonchev–Trinajstić information content (AvgIpc) is 3.33. The van der Waals surface area contributed by atoms with Crippen molar-refractivity contribution in [1.29, 1.82) is 0 Å². The molecule has 0 amide bonds. The van der Waals surface area contributed by atoms with E-state index in [1.807, 2.05) is 0 Å². The van der Waals surface area contributed by atoms with Gasteiger partial charge in [0.2, 0.25) is 0 Å². The van der Waals surface area contributed by atoms with Gasteiger partial charge in [0, 0.05) is 19.3 Å². The number of carbonyl (C=O) groups excluding carboxylic acids is 3. The van der Waals surface area contributed by atoms with Gasteiger partial charge in [0.15, 0.2) is 6.10 Å². The maximum Gasteiger partial charge on any atom is 0.306 e. The summed E-state index contributed by atoms with van der Waals surface area (Å²) < 4.78 is 16.8. The van der Waals surface area contributed by atoms with E-state index < -0.39 is 6.10 Å². The topological polar surface area (TPSA) is 78.9 Å². The van der Waals surface area contributed by atoms with Crippen LogP contribution in [-0.2, 0) is 28.6 Å². The van der Waals surface area contributed by atoms with Crippen LogP contribution in [0.1, 0.15) is 290 Å². The first kappa shape index (κ1) is 64.1. The van der Waals surface area contributed by atoms with Crippen molar-refractivity contribution in [1.82, 2.24) is 0 Å². The Kier molecular flexibility index (Phi) is 53.3. The van der Waals surface area contributed by atoms with E-state index >= 15 is 0 Å².